The molecule has 3 aromatic carbocycles. The molecule has 1 atom stereocenters. The molecule has 2 N–H and O–H groups in total. The van der Waals surface area contributed by atoms with E-state index in [1.165, 1.54) is 0 Å². The Kier molecular flexibility index (Phi) is 4.64. The Labute approximate surface area is 147 Å². The summed E-state index contributed by atoms with van der Waals surface area (Å²) in [6.45, 7) is 0. The summed E-state index contributed by atoms with van der Waals surface area (Å²) < 4.78 is 0. The van der Waals surface area contributed by atoms with Gasteiger partial charge in [-0.3, -0.25) is 0 Å². The van der Waals surface area contributed by atoms with E-state index >= 15 is 0 Å². The van der Waals surface area contributed by atoms with Crippen molar-refractivity contribution in [2.24, 2.45) is 0 Å². The predicted molar refractivity (Wildman–Crippen MR) is 101 cm³/mol. The van der Waals surface area contributed by atoms with E-state index in [-0.39, 0.29) is 11.1 Å². The lowest BCUT2D eigenvalue weighted by Crippen LogP contribution is -2.01. The summed E-state index contributed by atoms with van der Waals surface area (Å²) in [4.78, 5) is 22.1. The Morgan fingerprint density at radius 1 is 0.680 bits per heavy atom. The third kappa shape index (κ3) is 3.44. The van der Waals surface area contributed by atoms with Gasteiger partial charge in [0.05, 0.1) is 11.1 Å². The van der Waals surface area contributed by atoms with Crippen molar-refractivity contribution < 1.29 is 19.8 Å². The first kappa shape index (κ1) is 16.9. The molecule has 0 aliphatic carbocycles. The van der Waals surface area contributed by atoms with Crippen LogP contribution in [0.4, 0.5) is 0 Å². The van der Waals surface area contributed by atoms with E-state index in [1.54, 1.807) is 48.5 Å². The van der Waals surface area contributed by atoms with Crippen LogP contribution < -0.4 is 5.30 Å². The molecule has 0 amide bonds. The lowest BCUT2D eigenvalue weighted by molar-refractivity contribution is 0.0686. The van der Waals surface area contributed by atoms with Crippen molar-refractivity contribution in [3.8, 4) is 22.3 Å². The number of carboxylic acids is 2. The highest BCUT2D eigenvalue weighted by atomic mass is 31.0. The van der Waals surface area contributed by atoms with Gasteiger partial charge in [-0.2, -0.15) is 0 Å². The van der Waals surface area contributed by atoms with Crippen molar-refractivity contribution in [2.75, 3.05) is 0 Å². The zero-order valence-corrected chi connectivity index (χ0v) is 14.3. The highest BCUT2D eigenvalue weighted by Gasteiger charge is 2.12. The molecule has 3 aromatic rings. The first-order valence-electron chi connectivity index (χ1n) is 7.53. The second kappa shape index (κ2) is 6.88. The maximum Gasteiger partial charge on any atom is 0.335 e. The van der Waals surface area contributed by atoms with Crippen molar-refractivity contribution in [3.05, 3.63) is 77.9 Å². The molecule has 25 heavy (non-hydrogen) atoms. The fourth-order valence-corrected chi connectivity index (χ4v) is 3.14. The largest absolute Gasteiger partial charge is 0.478 e. The van der Waals surface area contributed by atoms with Gasteiger partial charge in [0.25, 0.3) is 0 Å². The summed E-state index contributed by atoms with van der Waals surface area (Å²) in [6.07, 6.45) is 0. The van der Waals surface area contributed by atoms with Gasteiger partial charge in [-0.05, 0) is 51.8 Å². The maximum atomic E-state index is 11.0. The highest BCUT2D eigenvalue weighted by molar-refractivity contribution is 7.28. The summed E-state index contributed by atoms with van der Waals surface area (Å²) in [7, 11) is 2.69. The van der Waals surface area contributed by atoms with Gasteiger partial charge in [0.1, 0.15) is 0 Å². The van der Waals surface area contributed by atoms with Crippen molar-refractivity contribution in [3.63, 3.8) is 0 Å². The minimum absolute atomic E-state index is 0.234. The Morgan fingerprint density at radius 3 is 1.64 bits per heavy atom. The van der Waals surface area contributed by atoms with Gasteiger partial charge in [-0.15, -0.1) is 9.24 Å². The number of carboxylic acid groups (broad SMARTS) is 2. The van der Waals surface area contributed by atoms with Crippen LogP contribution in [0.25, 0.3) is 22.3 Å². The zero-order chi connectivity index (χ0) is 18.0. The molecule has 0 heterocycles. The van der Waals surface area contributed by atoms with Gasteiger partial charge in [-0.1, -0.05) is 42.5 Å². The van der Waals surface area contributed by atoms with Crippen LogP contribution in [0.3, 0.4) is 0 Å². The van der Waals surface area contributed by atoms with Crippen molar-refractivity contribution in [1.29, 1.82) is 0 Å². The number of rotatable bonds is 4. The molecule has 3 rings (SSSR count). The fraction of sp³-hybridized carbons (Fsp3) is 0. The van der Waals surface area contributed by atoms with Crippen LogP contribution in [0.5, 0.6) is 0 Å². The van der Waals surface area contributed by atoms with Crippen LogP contribution in [-0.2, 0) is 0 Å². The van der Waals surface area contributed by atoms with Crippen LogP contribution >= 0.6 is 9.24 Å². The van der Waals surface area contributed by atoms with Crippen LogP contribution in [0.1, 0.15) is 20.7 Å². The molecule has 5 heteroatoms. The molecule has 0 aromatic heterocycles. The van der Waals surface area contributed by atoms with Gasteiger partial charge in [0.15, 0.2) is 0 Å². The Morgan fingerprint density at radius 2 is 1.16 bits per heavy atom. The smallest absolute Gasteiger partial charge is 0.335 e. The monoisotopic (exact) mass is 350 g/mol. The van der Waals surface area contributed by atoms with Crippen molar-refractivity contribution >= 4 is 26.5 Å². The molecule has 0 aliphatic rings. The zero-order valence-electron chi connectivity index (χ0n) is 13.1. The van der Waals surface area contributed by atoms with Crippen molar-refractivity contribution in [2.45, 2.75) is 0 Å². The third-order valence-corrected chi connectivity index (χ3v) is 4.44. The minimum Gasteiger partial charge on any atom is -0.478 e. The molecule has 0 saturated carbocycles. The molecule has 0 fully saturated rings. The molecule has 0 bridgehead atoms. The Hall–Kier alpha value is -2.97. The molecular weight excluding hydrogens is 335 g/mol. The molecule has 1 unspecified atom stereocenters. The molecule has 124 valence electrons. The summed E-state index contributed by atoms with van der Waals surface area (Å²) in [5.74, 6) is -1.92. The standard InChI is InChI=1S/C20H15O4P/c21-19(22)14-8-4-12(5-9-14)16-2-1-3-17(25)18(16)13-6-10-15(11-7-13)20(23)24/h1-11H,25H2,(H,21,22)(H,23,24). The number of hydrogen-bond donors (Lipinski definition) is 2. The van der Waals surface area contributed by atoms with Crippen LogP contribution in [0.15, 0.2) is 66.7 Å². The van der Waals surface area contributed by atoms with E-state index in [9.17, 15) is 9.59 Å². The van der Waals surface area contributed by atoms with Crippen LogP contribution in [0, 0.1) is 0 Å². The Bertz CT molecular complexity index is 944. The van der Waals surface area contributed by atoms with E-state index in [0.29, 0.717) is 0 Å². The third-order valence-electron chi connectivity index (χ3n) is 3.96. The first-order chi connectivity index (χ1) is 12.0. The molecule has 0 aliphatic heterocycles. The van der Waals surface area contributed by atoms with E-state index in [0.717, 1.165) is 27.6 Å². The van der Waals surface area contributed by atoms with E-state index in [4.69, 9.17) is 10.2 Å². The summed E-state index contributed by atoms with van der Waals surface area (Å²) >= 11 is 0. The average Bonchev–Trinajstić information content (AvgIpc) is 2.61. The topological polar surface area (TPSA) is 74.6 Å². The number of benzene rings is 3. The molecule has 4 nitrogen and oxygen atoms in total. The second-order valence-electron chi connectivity index (χ2n) is 5.53. The van der Waals surface area contributed by atoms with Gasteiger partial charge in [0.2, 0.25) is 0 Å². The Balaban J connectivity index is 2.11. The molecule has 0 saturated heterocycles. The quantitative estimate of drug-likeness (QED) is 0.700. The summed E-state index contributed by atoms with van der Waals surface area (Å²) in [5.41, 5.74) is 4.18. The molecular formula is C20H15O4P. The van der Waals surface area contributed by atoms with Crippen LogP contribution in [-0.4, -0.2) is 22.2 Å². The van der Waals surface area contributed by atoms with Gasteiger partial charge < -0.3 is 10.2 Å². The maximum absolute atomic E-state index is 11.0. The summed E-state index contributed by atoms with van der Waals surface area (Å²) in [6, 6.07) is 19.3. The van der Waals surface area contributed by atoms with Gasteiger partial charge in [0, 0.05) is 0 Å². The lowest BCUT2D eigenvalue weighted by Gasteiger charge is -2.14. The van der Waals surface area contributed by atoms with E-state index < -0.39 is 11.9 Å². The first-order valence-corrected chi connectivity index (χ1v) is 8.11. The average molecular weight is 350 g/mol. The van der Waals surface area contributed by atoms with Gasteiger partial charge in [-0.25, -0.2) is 9.59 Å². The fourth-order valence-electron chi connectivity index (χ4n) is 2.70. The molecule has 0 radical (unpaired) electrons. The second-order valence-corrected chi connectivity index (χ2v) is 6.16. The molecule has 0 spiro atoms. The SMILES string of the molecule is O=C(O)c1ccc(-c2cccc(P)c2-c2ccc(C(=O)O)cc2)cc1. The van der Waals surface area contributed by atoms with Gasteiger partial charge >= 0.3 is 11.9 Å². The number of aromatic carboxylic acids is 2. The highest BCUT2D eigenvalue weighted by Crippen LogP contribution is 2.32. The van der Waals surface area contributed by atoms with Crippen molar-refractivity contribution in [1.82, 2.24) is 0 Å². The summed E-state index contributed by atoms with van der Waals surface area (Å²) in [5, 5.41) is 19.1. The minimum atomic E-state index is -0.963. The normalized spacial score (nSPS) is 10.4. The number of hydrogen-bond acceptors (Lipinski definition) is 2. The lowest BCUT2D eigenvalue weighted by atomic mass is 9.93. The van der Waals surface area contributed by atoms with Crippen LogP contribution in [0.2, 0.25) is 0 Å². The van der Waals surface area contributed by atoms with E-state index in [2.05, 4.69) is 9.24 Å². The predicted octanol–water partition coefficient (Wildman–Crippen LogP) is 3.92. The van der Waals surface area contributed by atoms with E-state index in [1.807, 2.05) is 18.2 Å². The number of carbonyl (C=O) groups is 2.